The van der Waals surface area contributed by atoms with Crippen LogP contribution in [0.2, 0.25) is 10.0 Å². The molecule has 8 heterocycles. The largest absolute Gasteiger partial charge is 0.483 e. The van der Waals surface area contributed by atoms with Crippen molar-refractivity contribution in [3.63, 3.8) is 0 Å². The molecule has 0 aliphatic carbocycles. The summed E-state index contributed by atoms with van der Waals surface area (Å²) < 4.78 is 36.5. The van der Waals surface area contributed by atoms with E-state index in [0.29, 0.717) is 141 Å². The highest BCUT2D eigenvalue weighted by Gasteiger charge is 2.42. The maximum atomic E-state index is 12.9. The second-order valence-electron chi connectivity index (χ2n) is 19.0. The summed E-state index contributed by atoms with van der Waals surface area (Å²) in [6.45, 7) is 11.1. The number of pyridine rings is 3. The van der Waals surface area contributed by atoms with Gasteiger partial charge in [0.15, 0.2) is 11.2 Å². The smallest absolute Gasteiger partial charge is 0.259 e. The number of aromatic nitrogens is 10. The topological polar surface area (TPSA) is 195 Å². The zero-order valence-electron chi connectivity index (χ0n) is 42.2. The highest BCUT2D eigenvalue weighted by molar-refractivity contribution is 6.37. The number of aryl methyl sites for hydroxylation is 5. The molecule has 1 unspecified atom stereocenters. The van der Waals surface area contributed by atoms with Gasteiger partial charge in [-0.05, 0) is 82.0 Å². The third kappa shape index (κ3) is 9.11. The molecule has 1 atom stereocenters. The first-order valence-corrected chi connectivity index (χ1v) is 25.2. The second-order valence-corrected chi connectivity index (χ2v) is 19.7. The van der Waals surface area contributed by atoms with E-state index in [-0.39, 0.29) is 18.1 Å². The predicted octanol–water partition coefficient (Wildman–Crippen LogP) is 7.37. The number of nitrogens with zero attached hydrogens (tertiary/aromatic N) is 11. The maximum absolute atomic E-state index is 12.9. The van der Waals surface area contributed by atoms with E-state index < -0.39 is 11.2 Å². The van der Waals surface area contributed by atoms with Crippen LogP contribution in [0.5, 0.6) is 23.3 Å². The Morgan fingerprint density at radius 1 is 0.685 bits per heavy atom. The van der Waals surface area contributed by atoms with Crippen LogP contribution < -0.4 is 18.9 Å². The minimum atomic E-state index is -1.67. The molecule has 2 N–H and O–H groups in total. The van der Waals surface area contributed by atoms with Gasteiger partial charge < -0.3 is 43.0 Å². The van der Waals surface area contributed by atoms with Gasteiger partial charge in [-0.1, -0.05) is 46.6 Å². The van der Waals surface area contributed by atoms with Crippen LogP contribution in [0.25, 0.3) is 21.8 Å². The minimum Gasteiger partial charge on any atom is -0.483 e. The van der Waals surface area contributed by atoms with E-state index >= 15 is 0 Å². The number of imidazole rings is 2. The maximum Gasteiger partial charge on any atom is 0.259 e. The monoisotopic (exact) mass is 1030 g/mol. The van der Waals surface area contributed by atoms with Gasteiger partial charge in [0.1, 0.15) is 30.5 Å². The second kappa shape index (κ2) is 20.1. The van der Waals surface area contributed by atoms with Crippen molar-refractivity contribution in [3.05, 3.63) is 134 Å². The van der Waals surface area contributed by atoms with Crippen LogP contribution in [0.3, 0.4) is 0 Å². The van der Waals surface area contributed by atoms with Gasteiger partial charge in [-0.3, -0.25) is 9.88 Å². The molecule has 8 aromatic rings. The minimum absolute atomic E-state index is 0.151. The molecule has 6 aromatic heterocycles. The van der Waals surface area contributed by atoms with Crippen LogP contribution >= 0.6 is 23.2 Å². The van der Waals surface area contributed by atoms with E-state index in [1.54, 1.807) is 37.4 Å². The molecule has 0 radical (unpaired) electrons. The van der Waals surface area contributed by atoms with Crippen molar-refractivity contribution < 1.29 is 33.9 Å². The standard InChI is InChI=1S/C53H59Cl2N11O7/c1-30-9-12-40(31(2)59-30)52(67,45-29-58-62-65(45)7)34-10-13-41-38(25-34)46(54)48(50(60-41)69-8)72-36-15-19-66(20-16-36)21-24-71-51-49(73-37-17-22-70-23-18-37)47(55)39-26-35(11-14-42(39)61-51)53(68,43-27-56-32(3)63(43)5)44-28-57-33(4)64(44)6/h9-14,25-29,36-37,67-68H,15-24H2,1-8H3. The fourth-order valence-electron chi connectivity index (χ4n) is 10.1. The first-order chi connectivity index (χ1) is 35.1. The number of hydrogen-bond donors (Lipinski definition) is 2. The summed E-state index contributed by atoms with van der Waals surface area (Å²) in [5.41, 5.74) is 2.63. The quantitative estimate of drug-likeness (QED) is 0.103. The van der Waals surface area contributed by atoms with Gasteiger partial charge in [0.05, 0.1) is 77.1 Å². The zero-order chi connectivity index (χ0) is 51.3. The molecule has 0 saturated carbocycles. The molecular weight excluding hydrogens is 974 g/mol. The molecule has 10 rings (SSSR count). The molecule has 2 aromatic carbocycles. The number of piperidine rings is 1. The van der Waals surface area contributed by atoms with Crippen LogP contribution in [-0.4, -0.2) is 123 Å². The lowest BCUT2D eigenvalue weighted by Crippen LogP contribution is -2.40. The molecule has 0 spiro atoms. The molecule has 18 nitrogen and oxygen atoms in total. The van der Waals surface area contributed by atoms with Gasteiger partial charge in [0, 0.05) is 81.3 Å². The Labute approximate surface area is 432 Å². The molecule has 2 saturated heterocycles. The van der Waals surface area contributed by atoms with E-state index in [0.717, 1.165) is 30.4 Å². The van der Waals surface area contributed by atoms with Crippen molar-refractivity contribution >= 4 is 45.0 Å². The van der Waals surface area contributed by atoms with Crippen molar-refractivity contribution in [1.29, 1.82) is 0 Å². The average Bonchev–Trinajstić information content (AvgIpc) is 4.09. The Bertz CT molecular complexity index is 3300. The van der Waals surface area contributed by atoms with Crippen LogP contribution in [0.4, 0.5) is 0 Å². The van der Waals surface area contributed by atoms with Crippen molar-refractivity contribution in [3.8, 4) is 23.3 Å². The van der Waals surface area contributed by atoms with Crippen LogP contribution in [0, 0.1) is 27.7 Å². The van der Waals surface area contributed by atoms with Crippen molar-refractivity contribution in [2.24, 2.45) is 21.1 Å². The van der Waals surface area contributed by atoms with E-state index in [4.69, 9.17) is 56.9 Å². The predicted molar refractivity (Wildman–Crippen MR) is 275 cm³/mol. The van der Waals surface area contributed by atoms with Gasteiger partial charge in [-0.25, -0.2) is 24.6 Å². The number of ether oxygens (including phenoxy) is 5. The summed E-state index contributed by atoms with van der Waals surface area (Å²) in [5.74, 6) is 2.75. The van der Waals surface area contributed by atoms with Crippen molar-refractivity contribution in [2.75, 3.05) is 46.6 Å². The number of likely N-dealkylation sites (tertiary alicyclic amines) is 1. The number of rotatable bonds is 15. The van der Waals surface area contributed by atoms with Crippen molar-refractivity contribution in [2.45, 2.75) is 76.8 Å². The molecule has 2 aliphatic heterocycles. The molecular formula is C53H59Cl2N11O7. The normalized spacial score (nSPS) is 16.1. The molecule has 0 amide bonds. The Hall–Kier alpha value is -6.41. The van der Waals surface area contributed by atoms with Crippen LogP contribution in [0.15, 0.2) is 67.1 Å². The molecule has 20 heteroatoms. The first-order valence-electron chi connectivity index (χ1n) is 24.4. The Balaban J connectivity index is 0.870. The number of halogens is 2. The lowest BCUT2D eigenvalue weighted by molar-refractivity contribution is 0.0238. The SMILES string of the molecule is COc1nc2ccc(C(O)(c3ccc(C)nc3C)c3cnnn3C)cc2c(Cl)c1OC1CCN(CCOc2nc3ccc(C(O)(c4cnc(C)n4C)c4cnc(C)n4C)cc3c(Cl)c2OC2CCOCC2)CC1. The van der Waals surface area contributed by atoms with Crippen LogP contribution in [-0.2, 0) is 37.1 Å². The summed E-state index contributed by atoms with van der Waals surface area (Å²) in [4.78, 5) is 25.8. The fourth-order valence-corrected chi connectivity index (χ4v) is 10.7. The summed E-state index contributed by atoms with van der Waals surface area (Å²) in [6.07, 6.45) is 7.38. The van der Waals surface area contributed by atoms with Gasteiger partial charge in [-0.15, -0.1) is 5.10 Å². The summed E-state index contributed by atoms with van der Waals surface area (Å²) in [7, 11) is 7.04. The number of methoxy groups -OCH3 is 1. The molecule has 382 valence electrons. The van der Waals surface area contributed by atoms with E-state index in [2.05, 4.69) is 30.2 Å². The average molecular weight is 1030 g/mol. The summed E-state index contributed by atoms with van der Waals surface area (Å²) in [6, 6.07) is 14.8. The highest BCUT2D eigenvalue weighted by Crippen LogP contribution is 2.46. The third-order valence-electron chi connectivity index (χ3n) is 14.5. The lowest BCUT2D eigenvalue weighted by atomic mass is 9.82. The van der Waals surface area contributed by atoms with Gasteiger partial charge in [-0.2, -0.15) is 0 Å². The fraction of sp³-hybridized carbons (Fsp3) is 0.415. The Kier molecular flexibility index (Phi) is 13.8. The Morgan fingerprint density at radius 3 is 1.78 bits per heavy atom. The number of fused-ring (bicyclic) bond motifs is 2. The summed E-state index contributed by atoms with van der Waals surface area (Å²) >= 11 is 14.6. The van der Waals surface area contributed by atoms with E-state index in [9.17, 15) is 10.2 Å². The Morgan fingerprint density at radius 2 is 1.25 bits per heavy atom. The molecule has 2 fully saturated rings. The number of hydrogen-bond acceptors (Lipinski definition) is 15. The number of aliphatic hydroxyl groups is 2. The first kappa shape index (κ1) is 50.1. The van der Waals surface area contributed by atoms with Crippen molar-refractivity contribution in [1.82, 2.24) is 53.9 Å². The molecule has 0 bridgehead atoms. The van der Waals surface area contributed by atoms with E-state index in [1.165, 1.54) is 0 Å². The molecule has 2 aliphatic rings. The zero-order valence-corrected chi connectivity index (χ0v) is 43.7. The van der Waals surface area contributed by atoms with E-state index in [1.807, 2.05) is 99.5 Å². The highest BCUT2D eigenvalue weighted by atomic mass is 35.5. The van der Waals surface area contributed by atoms with Gasteiger partial charge in [0.25, 0.3) is 11.8 Å². The summed E-state index contributed by atoms with van der Waals surface area (Å²) in [5, 5.41) is 35.7. The lowest BCUT2D eigenvalue weighted by Gasteiger charge is -2.32. The number of benzene rings is 2. The third-order valence-corrected chi connectivity index (χ3v) is 15.3. The van der Waals surface area contributed by atoms with Crippen LogP contribution in [0.1, 0.15) is 82.5 Å². The van der Waals surface area contributed by atoms with Gasteiger partial charge >= 0.3 is 0 Å². The molecule has 73 heavy (non-hydrogen) atoms. The van der Waals surface area contributed by atoms with Gasteiger partial charge in [0.2, 0.25) is 11.5 Å².